The predicted octanol–water partition coefficient (Wildman–Crippen LogP) is -0.00140. The van der Waals surface area contributed by atoms with Crippen LogP contribution in [0.1, 0.15) is 26.2 Å². The molecule has 0 aromatic carbocycles. The lowest BCUT2D eigenvalue weighted by Crippen LogP contribution is -2.44. The van der Waals surface area contributed by atoms with Gasteiger partial charge in [-0.15, -0.1) is 0 Å². The summed E-state index contributed by atoms with van der Waals surface area (Å²) < 4.78 is 0. The first-order valence-electron chi connectivity index (χ1n) is 8.47. The molecule has 6 nitrogen and oxygen atoms in total. The van der Waals surface area contributed by atoms with Crippen LogP contribution in [0, 0.1) is 5.92 Å². The molecule has 6 heteroatoms. The van der Waals surface area contributed by atoms with Crippen molar-refractivity contribution in [2.45, 2.75) is 26.2 Å². The molecule has 0 saturated carbocycles. The first-order chi connectivity index (χ1) is 10.5. The van der Waals surface area contributed by atoms with Crippen LogP contribution < -0.4 is 5.32 Å². The summed E-state index contributed by atoms with van der Waals surface area (Å²) in [5.41, 5.74) is 0. The summed E-state index contributed by atoms with van der Waals surface area (Å²) in [6.07, 6.45) is 2.54. The Morgan fingerprint density at radius 2 is 1.86 bits per heavy atom. The van der Waals surface area contributed by atoms with Crippen LogP contribution in [-0.4, -0.2) is 85.9 Å². The van der Waals surface area contributed by atoms with Gasteiger partial charge in [-0.2, -0.15) is 0 Å². The molecule has 1 N–H and O–H groups in total. The van der Waals surface area contributed by atoms with E-state index in [0.717, 1.165) is 58.7 Å². The molecule has 1 unspecified atom stereocenters. The first kappa shape index (κ1) is 17.2. The first-order valence-corrected chi connectivity index (χ1v) is 8.47. The highest BCUT2D eigenvalue weighted by Crippen LogP contribution is 2.15. The van der Waals surface area contributed by atoms with Crippen LogP contribution in [-0.2, 0) is 9.59 Å². The minimum Gasteiger partial charge on any atom is -0.356 e. The van der Waals surface area contributed by atoms with Gasteiger partial charge in [0.1, 0.15) is 0 Å². The van der Waals surface area contributed by atoms with E-state index in [9.17, 15) is 9.59 Å². The second kappa shape index (κ2) is 8.48. The molecule has 2 heterocycles. The molecular formula is C16H30N4O2. The second-order valence-electron chi connectivity index (χ2n) is 6.67. The van der Waals surface area contributed by atoms with Gasteiger partial charge in [-0.1, -0.05) is 0 Å². The molecule has 2 aliphatic heterocycles. The zero-order valence-corrected chi connectivity index (χ0v) is 14.0. The third kappa shape index (κ3) is 5.57. The van der Waals surface area contributed by atoms with Crippen molar-refractivity contribution in [3.05, 3.63) is 0 Å². The number of carbonyl (C=O) groups excluding carboxylic acids is 2. The largest absolute Gasteiger partial charge is 0.356 e. The minimum absolute atomic E-state index is 0.140. The summed E-state index contributed by atoms with van der Waals surface area (Å²) in [5, 5.41) is 3.03. The Balaban J connectivity index is 1.52. The van der Waals surface area contributed by atoms with E-state index in [2.05, 4.69) is 22.2 Å². The van der Waals surface area contributed by atoms with Crippen molar-refractivity contribution in [1.29, 1.82) is 0 Å². The standard InChI is InChI=1S/C16H30N4O2/c1-14(21)20-7-5-15(13-20)12-17-16(22)4-3-6-19-10-8-18(2)9-11-19/h15H,3-13H2,1-2H3,(H,17,22). The normalized spacial score (nSPS) is 23.7. The number of nitrogens with zero attached hydrogens (tertiary/aromatic N) is 3. The molecular weight excluding hydrogens is 280 g/mol. The van der Waals surface area contributed by atoms with Gasteiger partial charge >= 0.3 is 0 Å². The van der Waals surface area contributed by atoms with Gasteiger partial charge in [0.05, 0.1) is 0 Å². The molecule has 0 aromatic rings. The number of likely N-dealkylation sites (N-methyl/N-ethyl adjacent to an activating group) is 1. The smallest absolute Gasteiger partial charge is 0.220 e. The van der Waals surface area contributed by atoms with Crippen molar-refractivity contribution in [3.8, 4) is 0 Å². The fraction of sp³-hybridized carbons (Fsp3) is 0.875. The van der Waals surface area contributed by atoms with Crippen molar-refractivity contribution in [2.75, 3.05) is 59.4 Å². The Labute approximate surface area is 133 Å². The van der Waals surface area contributed by atoms with Crippen LogP contribution in [0.15, 0.2) is 0 Å². The summed E-state index contributed by atoms with van der Waals surface area (Å²) in [7, 11) is 2.15. The van der Waals surface area contributed by atoms with E-state index in [-0.39, 0.29) is 11.8 Å². The van der Waals surface area contributed by atoms with Gasteiger partial charge in [0.25, 0.3) is 0 Å². The Morgan fingerprint density at radius 3 is 2.50 bits per heavy atom. The van der Waals surface area contributed by atoms with Crippen LogP contribution in [0.5, 0.6) is 0 Å². The van der Waals surface area contributed by atoms with Gasteiger partial charge in [-0.05, 0) is 32.4 Å². The Bertz CT molecular complexity index is 380. The number of carbonyl (C=O) groups is 2. The van der Waals surface area contributed by atoms with E-state index in [4.69, 9.17) is 0 Å². The van der Waals surface area contributed by atoms with E-state index in [1.807, 2.05) is 4.90 Å². The maximum Gasteiger partial charge on any atom is 0.220 e. The fourth-order valence-electron chi connectivity index (χ4n) is 3.17. The summed E-state index contributed by atoms with van der Waals surface area (Å²) in [4.78, 5) is 29.8. The van der Waals surface area contributed by atoms with E-state index in [1.165, 1.54) is 0 Å². The van der Waals surface area contributed by atoms with E-state index >= 15 is 0 Å². The van der Waals surface area contributed by atoms with Gasteiger partial charge in [0, 0.05) is 59.2 Å². The highest BCUT2D eigenvalue weighted by Gasteiger charge is 2.24. The maximum absolute atomic E-state index is 11.9. The molecule has 0 bridgehead atoms. The van der Waals surface area contributed by atoms with Crippen molar-refractivity contribution >= 4 is 11.8 Å². The number of nitrogens with one attached hydrogen (secondary N) is 1. The average molecular weight is 310 g/mol. The Kier molecular flexibility index (Phi) is 6.64. The van der Waals surface area contributed by atoms with Gasteiger partial charge < -0.3 is 20.0 Å². The number of piperazine rings is 1. The lowest BCUT2D eigenvalue weighted by Gasteiger charge is -2.32. The minimum atomic E-state index is 0.140. The zero-order valence-electron chi connectivity index (χ0n) is 14.0. The molecule has 0 spiro atoms. The lowest BCUT2D eigenvalue weighted by molar-refractivity contribution is -0.127. The monoisotopic (exact) mass is 310 g/mol. The Hall–Kier alpha value is -1.14. The van der Waals surface area contributed by atoms with Crippen molar-refractivity contribution in [2.24, 2.45) is 5.92 Å². The average Bonchev–Trinajstić information content (AvgIpc) is 2.96. The number of amides is 2. The molecule has 2 saturated heterocycles. The predicted molar refractivity (Wildman–Crippen MR) is 86.5 cm³/mol. The number of rotatable bonds is 6. The van der Waals surface area contributed by atoms with Crippen molar-refractivity contribution in [1.82, 2.24) is 20.0 Å². The quantitative estimate of drug-likeness (QED) is 0.750. The molecule has 2 amide bonds. The van der Waals surface area contributed by atoms with Crippen LogP contribution in [0.25, 0.3) is 0 Å². The third-order valence-corrected chi connectivity index (χ3v) is 4.79. The highest BCUT2D eigenvalue weighted by molar-refractivity contribution is 5.76. The topological polar surface area (TPSA) is 55.9 Å². The molecule has 0 aliphatic carbocycles. The lowest BCUT2D eigenvalue weighted by atomic mass is 10.1. The Morgan fingerprint density at radius 1 is 1.14 bits per heavy atom. The van der Waals surface area contributed by atoms with Gasteiger partial charge in [0.2, 0.25) is 11.8 Å². The van der Waals surface area contributed by atoms with Crippen LogP contribution in [0.4, 0.5) is 0 Å². The molecule has 0 aromatic heterocycles. The summed E-state index contributed by atoms with van der Waals surface area (Å²) in [6, 6.07) is 0. The zero-order chi connectivity index (χ0) is 15.9. The highest BCUT2D eigenvalue weighted by atomic mass is 16.2. The number of hydrogen-bond donors (Lipinski definition) is 1. The van der Waals surface area contributed by atoms with E-state index in [0.29, 0.717) is 18.9 Å². The molecule has 2 aliphatic rings. The summed E-state index contributed by atoms with van der Waals surface area (Å²) >= 11 is 0. The van der Waals surface area contributed by atoms with Crippen LogP contribution in [0.3, 0.4) is 0 Å². The van der Waals surface area contributed by atoms with E-state index in [1.54, 1.807) is 6.92 Å². The van der Waals surface area contributed by atoms with Crippen LogP contribution >= 0.6 is 0 Å². The van der Waals surface area contributed by atoms with Crippen LogP contribution in [0.2, 0.25) is 0 Å². The second-order valence-corrected chi connectivity index (χ2v) is 6.67. The molecule has 1 atom stereocenters. The number of hydrogen-bond acceptors (Lipinski definition) is 4. The molecule has 2 fully saturated rings. The van der Waals surface area contributed by atoms with Gasteiger partial charge in [0.15, 0.2) is 0 Å². The maximum atomic E-state index is 11.9. The third-order valence-electron chi connectivity index (χ3n) is 4.79. The fourth-order valence-corrected chi connectivity index (χ4v) is 3.17. The molecule has 2 rings (SSSR count). The summed E-state index contributed by atoms with van der Waals surface area (Å²) in [5.74, 6) is 0.710. The number of likely N-dealkylation sites (tertiary alicyclic amines) is 1. The van der Waals surface area contributed by atoms with E-state index < -0.39 is 0 Å². The van der Waals surface area contributed by atoms with Gasteiger partial charge in [-0.3, -0.25) is 9.59 Å². The summed E-state index contributed by atoms with van der Waals surface area (Å²) in [6.45, 7) is 9.43. The molecule has 126 valence electrons. The van der Waals surface area contributed by atoms with Gasteiger partial charge in [-0.25, -0.2) is 0 Å². The molecule has 0 radical (unpaired) electrons. The van der Waals surface area contributed by atoms with Crippen molar-refractivity contribution in [3.63, 3.8) is 0 Å². The SMILES string of the molecule is CC(=O)N1CCC(CNC(=O)CCCN2CCN(C)CC2)C1. The van der Waals surface area contributed by atoms with Crippen molar-refractivity contribution < 1.29 is 9.59 Å². The molecule has 22 heavy (non-hydrogen) atoms.